The molecule has 0 saturated carbocycles. The molecular formula is C23H19BrN4O2S. The molecule has 1 aromatic heterocycles. The number of urea groups is 1. The Morgan fingerprint density at radius 2 is 1.65 bits per heavy atom. The predicted molar refractivity (Wildman–Crippen MR) is 129 cm³/mol. The minimum absolute atomic E-state index is 0.155. The van der Waals surface area contributed by atoms with E-state index in [1.54, 1.807) is 23.5 Å². The van der Waals surface area contributed by atoms with E-state index < -0.39 is 0 Å². The summed E-state index contributed by atoms with van der Waals surface area (Å²) in [6, 6.07) is 22.4. The van der Waals surface area contributed by atoms with E-state index in [0.717, 1.165) is 25.3 Å². The van der Waals surface area contributed by atoms with Gasteiger partial charge in [0.2, 0.25) is 5.91 Å². The Kier molecular flexibility index (Phi) is 6.59. The maximum atomic E-state index is 12.4. The summed E-state index contributed by atoms with van der Waals surface area (Å²) in [6.07, 6.45) is 0.155. The highest BCUT2D eigenvalue weighted by Crippen LogP contribution is 2.34. The molecule has 3 aromatic carbocycles. The van der Waals surface area contributed by atoms with Gasteiger partial charge in [0.05, 0.1) is 15.9 Å². The Morgan fingerprint density at radius 3 is 2.45 bits per heavy atom. The fourth-order valence-corrected chi connectivity index (χ4v) is 4.25. The van der Waals surface area contributed by atoms with Crippen LogP contribution in [-0.4, -0.2) is 23.5 Å². The molecule has 31 heavy (non-hydrogen) atoms. The van der Waals surface area contributed by atoms with Gasteiger partial charge >= 0.3 is 6.03 Å². The summed E-state index contributed by atoms with van der Waals surface area (Å²) in [5, 5.41) is 9.20. The number of amides is 3. The number of nitrogens with zero attached hydrogens (tertiary/aromatic N) is 1. The number of para-hydroxylation sites is 2. The minimum Gasteiger partial charge on any atom is -0.337 e. The molecule has 6 nitrogen and oxygen atoms in total. The van der Waals surface area contributed by atoms with Crippen molar-refractivity contribution in [2.75, 3.05) is 17.2 Å². The fourth-order valence-electron chi connectivity index (χ4n) is 2.98. The van der Waals surface area contributed by atoms with Gasteiger partial charge in [-0.15, -0.1) is 11.3 Å². The van der Waals surface area contributed by atoms with Crippen LogP contribution in [0, 0.1) is 0 Å². The molecule has 3 N–H and O–H groups in total. The molecule has 156 valence electrons. The van der Waals surface area contributed by atoms with E-state index in [0.29, 0.717) is 11.4 Å². The first-order valence-electron chi connectivity index (χ1n) is 9.64. The van der Waals surface area contributed by atoms with Crippen LogP contribution in [0.2, 0.25) is 0 Å². The van der Waals surface area contributed by atoms with E-state index in [1.165, 1.54) is 0 Å². The zero-order valence-corrected chi connectivity index (χ0v) is 18.8. The van der Waals surface area contributed by atoms with Gasteiger partial charge < -0.3 is 16.0 Å². The van der Waals surface area contributed by atoms with E-state index in [4.69, 9.17) is 0 Å². The average molecular weight is 495 g/mol. The third-order valence-electron chi connectivity index (χ3n) is 4.47. The number of carbonyl (C=O) groups is 2. The topological polar surface area (TPSA) is 83.1 Å². The molecule has 0 atom stereocenters. The fraction of sp³-hybridized carbons (Fsp3) is 0.0870. The predicted octanol–water partition coefficient (Wildman–Crippen LogP) is 5.88. The third kappa shape index (κ3) is 5.48. The molecule has 0 saturated heterocycles. The molecule has 4 aromatic rings. The van der Waals surface area contributed by atoms with Gasteiger partial charge in [-0.1, -0.05) is 40.2 Å². The Bertz CT molecular complexity index is 1190. The van der Waals surface area contributed by atoms with Crippen LogP contribution in [0.25, 0.3) is 20.8 Å². The Hall–Kier alpha value is -3.23. The molecule has 3 amide bonds. The summed E-state index contributed by atoms with van der Waals surface area (Å²) in [4.78, 5) is 29.1. The molecule has 0 fully saturated rings. The average Bonchev–Trinajstić information content (AvgIpc) is 3.20. The lowest BCUT2D eigenvalue weighted by atomic mass is 10.2. The number of thiazole rings is 1. The van der Waals surface area contributed by atoms with Crippen LogP contribution in [0.3, 0.4) is 0 Å². The number of hydrogen-bond acceptors (Lipinski definition) is 4. The summed E-state index contributed by atoms with van der Waals surface area (Å²) in [5.41, 5.74) is 3.18. The van der Waals surface area contributed by atoms with Crippen molar-refractivity contribution in [3.63, 3.8) is 0 Å². The van der Waals surface area contributed by atoms with Crippen LogP contribution in [0.15, 0.2) is 77.3 Å². The lowest BCUT2D eigenvalue weighted by Crippen LogP contribution is -2.31. The Balaban J connectivity index is 1.34. The summed E-state index contributed by atoms with van der Waals surface area (Å²) < 4.78 is 2.03. The van der Waals surface area contributed by atoms with Crippen molar-refractivity contribution in [3.05, 3.63) is 77.3 Å². The maximum Gasteiger partial charge on any atom is 0.319 e. The first-order chi connectivity index (χ1) is 15.1. The SMILES string of the molecule is O=C(CCNC(=O)Nc1ccc(Br)cc1)Nc1ccccc1-c1nc2ccccc2s1. The van der Waals surface area contributed by atoms with Gasteiger partial charge in [0.1, 0.15) is 5.01 Å². The summed E-state index contributed by atoms with van der Waals surface area (Å²) in [5.74, 6) is -0.183. The lowest BCUT2D eigenvalue weighted by Gasteiger charge is -2.10. The van der Waals surface area contributed by atoms with E-state index in [-0.39, 0.29) is 24.9 Å². The van der Waals surface area contributed by atoms with Crippen molar-refractivity contribution in [2.45, 2.75) is 6.42 Å². The second-order valence-electron chi connectivity index (χ2n) is 6.72. The molecular weight excluding hydrogens is 476 g/mol. The van der Waals surface area contributed by atoms with E-state index in [2.05, 4.69) is 36.9 Å². The maximum absolute atomic E-state index is 12.4. The Labute approximate surface area is 191 Å². The molecule has 0 bridgehead atoms. The normalized spacial score (nSPS) is 10.6. The molecule has 4 rings (SSSR count). The van der Waals surface area contributed by atoms with Crippen molar-refractivity contribution in [3.8, 4) is 10.6 Å². The molecule has 1 heterocycles. The van der Waals surface area contributed by atoms with Crippen LogP contribution in [0.5, 0.6) is 0 Å². The van der Waals surface area contributed by atoms with Gasteiger partial charge in [-0.25, -0.2) is 9.78 Å². The van der Waals surface area contributed by atoms with Crippen molar-refractivity contribution in [2.24, 2.45) is 0 Å². The first-order valence-corrected chi connectivity index (χ1v) is 11.2. The standard InChI is InChI=1S/C23H19BrN4O2S/c24-15-9-11-16(12-10-15)26-23(30)25-14-13-21(29)27-18-6-2-1-5-17(18)22-28-19-7-3-4-8-20(19)31-22/h1-12H,13-14H2,(H,27,29)(H2,25,26,30). The van der Waals surface area contributed by atoms with Crippen molar-refractivity contribution >= 4 is 60.8 Å². The molecule has 0 aliphatic carbocycles. The molecule has 8 heteroatoms. The number of halogens is 1. The van der Waals surface area contributed by atoms with Gasteiger partial charge in [-0.3, -0.25) is 4.79 Å². The van der Waals surface area contributed by atoms with E-state index >= 15 is 0 Å². The summed E-state index contributed by atoms with van der Waals surface area (Å²) in [7, 11) is 0. The van der Waals surface area contributed by atoms with Gasteiger partial charge in [0, 0.05) is 28.7 Å². The second-order valence-corrected chi connectivity index (χ2v) is 8.66. The number of aromatic nitrogens is 1. The minimum atomic E-state index is -0.356. The summed E-state index contributed by atoms with van der Waals surface area (Å²) in [6.45, 7) is 0.220. The zero-order valence-electron chi connectivity index (χ0n) is 16.4. The first kappa shape index (κ1) is 21.0. The molecule has 0 spiro atoms. The van der Waals surface area contributed by atoms with E-state index in [1.807, 2.05) is 60.7 Å². The summed E-state index contributed by atoms with van der Waals surface area (Å²) >= 11 is 4.93. The smallest absolute Gasteiger partial charge is 0.319 e. The molecule has 0 aliphatic rings. The highest BCUT2D eigenvalue weighted by Gasteiger charge is 2.12. The lowest BCUT2D eigenvalue weighted by molar-refractivity contribution is -0.116. The van der Waals surface area contributed by atoms with Crippen molar-refractivity contribution < 1.29 is 9.59 Å². The van der Waals surface area contributed by atoms with Crippen LogP contribution in [-0.2, 0) is 4.79 Å². The van der Waals surface area contributed by atoms with Crippen LogP contribution in [0.1, 0.15) is 6.42 Å². The largest absolute Gasteiger partial charge is 0.337 e. The van der Waals surface area contributed by atoms with Crippen molar-refractivity contribution in [1.82, 2.24) is 10.3 Å². The number of fused-ring (bicyclic) bond motifs is 1. The highest BCUT2D eigenvalue weighted by atomic mass is 79.9. The van der Waals surface area contributed by atoms with Crippen LogP contribution >= 0.6 is 27.3 Å². The molecule has 0 aliphatic heterocycles. The van der Waals surface area contributed by atoms with Crippen LogP contribution in [0.4, 0.5) is 16.2 Å². The second kappa shape index (κ2) is 9.72. The zero-order chi connectivity index (χ0) is 21.6. The monoisotopic (exact) mass is 494 g/mol. The van der Waals surface area contributed by atoms with E-state index in [9.17, 15) is 9.59 Å². The number of carbonyl (C=O) groups excluding carboxylic acids is 2. The van der Waals surface area contributed by atoms with Gasteiger partial charge in [0.25, 0.3) is 0 Å². The number of rotatable bonds is 6. The molecule has 0 radical (unpaired) electrons. The van der Waals surface area contributed by atoms with Gasteiger partial charge in [-0.2, -0.15) is 0 Å². The number of benzene rings is 3. The quantitative estimate of drug-likeness (QED) is 0.313. The number of hydrogen-bond donors (Lipinski definition) is 3. The highest BCUT2D eigenvalue weighted by molar-refractivity contribution is 9.10. The number of anilines is 2. The van der Waals surface area contributed by atoms with Gasteiger partial charge in [0.15, 0.2) is 0 Å². The molecule has 0 unspecified atom stereocenters. The number of nitrogens with one attached hydrogen (secondary N) is 3. The van der Waals surface area contributed by atoms with Crippen LogP contribution < -0.4 is 16.0 Å². The van der Waals surface area contributed by atoms with Gasteiger partial charge in [-0.05, 0) is 48.5 Å². The Morgan fingerprint density at radius 1 is 0.903 bits per heavy atom. The third-order valence-corrected chi connectivity index (χ3v) is 6.06. The van der Waals surface area contributed by atoms with Crippen molar-refractivity contribution in [1.29, 1.82) is 0 Å².